The van der Waals surface area contributed by atoms with Crippen molar-refractivity contribution in [3.63, 3.8) is 0 Å². The van der Waals surface area contributed by atoms with E-state index in [9.17, 15) is 4.79 Å². The number of carbonyl (C=O) groups is 1. The molecule has 2 saturated heterocycles. The average Bonchev–Trinajstić information content (AvgIpc) is 2.68. The monoisotopic (exact) mass is 244 g/mol. The smallest absolute Gasteiger partial charge is 0.324 e. The number of rotatable bonds is 2. The second kappa shape index (κ2) is 4.94. The number of hydrogen-bond donors (Lipinski definition) is 1. The fourth-order valence-electron chi connectivity index (χ4n) is 2.28. The van der Waals surface area contributed by atoms with Gasteiger partial charge in [0.1, 0.15) is 6.04 Å². The SMILES string of the molecule is CCOC(=O)C1CSC2(CCN(C)CC2)N1. The first-order valence-electron chi connectivity index (χ1n) is 5.92. The number of thioether (sulfide) groups is 1. The molecule has 2 aliphatic heterocycles. The van der Waals surface area contributed by atoms with Crippen molar-refractivity contribution in [2.45, 2.75) is 30.7 Å². The summed E-state index contributed by atoms with van der Waals surface area (Å²) in [6.07, 6.45) is 2.23. The van der Waals surface area contributed by atoms with Crippen LogP contribution in [-0.4, -0.2) is 54.3 Å². The predicted octanol–water partition coefficient (Wildman–Crippen LogP) is 0.676. The molecular formula is C11H20N2O2S. The maximum Gasteiger partial charge on any atom is 0.324 e. The first-order valence-corrected chi connectivity index (χ1v) is 6.90. The molecule has 1 spiro atoms. The third kappa shape index (κ3) is 2.52. The molecule has 2 heterocycles. The molecule has 92 valence electrons. The number of ether oxygens (including phenoxy) is 1. The van der Waals surface area contributed by atoms with E-state index in [1.807, 2.05) is 18.7 Å². The zero-order valence-electron chi connectivity index (χ0n) is 9.99. The minimum atomic E-state index is -0.103. The molecule has 0 radical (unpaired) electrons. The molecule has 16 heavy (non-hydrogen) atoms. The molecule has 1 unspecified atom stereocenters. The molecule has 0 aliphatic carbocycles. The highest BCUT2D eigenvalue weighted by Gasteiger charge is 2.43. The Morgan fingerprint density at radius 2 is 2.25 bits per heavy atom. The van der Waals surface area contributed by atoms with Crippen LogP contribution in [0.3, 0.4) is 0 Å². The molecule has 0 aromatic carbocycles. The molecule has 0 aromatic heterocycles. The summed E-state index contributed by atoms with van der Waals surface area (Å²) in [7, 11) is 2.15. The van der Waals surface area contributed by atoms with Crippen LogP contribution in [0.2, 0.25) is 0 Å². The Morgan fingerprint density at radius 1 is 1.56 bits per heavy atom. The number of nitrogens with zero attached hydrogens (tertiary/aromatic N) is 1. The molecule has 2 fully saturated rings. The van der Waals surface area contributed by atoms with E-state index in [0.717, 1.165) is 31.7 Å². The van der Waals surface area contributed by atoms with Gasteiger partial charge in [0, 0.05) is 18.8 Å². The van der Waals surface area contributed by atoms with Crippen molar-refractivity contribution in [2.75, 3.05) is 32.5 Å². The maximum atomic E-state index is 11.6. The summed E-state index contributed by atoms with van der Waals surface area (Å²) in [6, 6.07) is -0.103. The van der Waals surface area contributed by atoms with Crippen molar-refractivity contribution in [2.24, 2.45) is 0 Å². The van der Waals surface area contributed by atoms with E-state index >= 15 is 0 Å². The van der Waals surface area contributed by atoms with Crippen LogP contribution in [-0.2, 0) is 9.53 Å². The van der Waals surface area contributed by atoms with Crippen LogP contribution in [0.1, 0.15) is 19.8 Å². The van der Waals surface area contributed by atoms with E-state index in [4.69, 9.17) is 4.74 Å². The molecule has 2 rings (SSSR count). The normalized spacial score (nSPS) is 29.5. The van der Waals surface area contributed by atoms with Crippen molar-refractivity contribution >= 4 is 17.7 Å². The number of carbonyl (C=O) groups excluding carboxylic acids is 1. The number of esters is 1. The van der Waals surface area contributed by atoms with Crippen molar-refractivity contribution in [3.05, 3.63) is 0 Å². The van der Waals surface area contributed by atoms with E-state index in [1.165, 1.54) is 0 Å². The topological polar surface area (TPSA) is 41.6 Å². The number of piperidine rings is 1. The zero-order valence-corrected chi connectivity index (χ0v) is 10.8. The van der Waals surface area contributed by atoms with Crippen LogP contribution >= 0.6 is 11.8 Å². The van der Waals surface area contributed by atoms with Gasteiger partial charge in [-0.2, -0.15) is 0 Å². The van der Waals surface area contributed by atoms with Crippen molar-refractivity contribution < 1.29 is 9.53 Å². The molecule has 2 aliphatic rings. The van der Waals surface area contributed by atoms with Crippen molar-refractivity contribution in [3.8, 4) is 0 Å². The minimum absolute atomic E-state index is 0.0918. The molecule has 0 saturated carbocycles. The van der Waals surface area contributed by atoms with Gasteiger partial charge in [0.25, 0.3) is 0 Å². The van der Waals surface area contributed by atoms with E-state index < -0.39 is 0 Å². The number of nitrogens with one attached hydrogen (secondary N) is 1. The molecule has 0 aromatic rings. The van der Waals surface area contributed by atoms with Crippen LogP contribution in [0.15, 0.2) is 0 Å². The minimum Gasteiger partial charge on any atom is -0.465 e. The number of likely N-dealkylation sites (tertiary alicyclic amines) is 1. The van der Waals surface area contributed by atoms with Gasteiger partial charge in [0.2, 0.25) is 0 Å². The highest BCUT2D eigenvalue weighted by atomic mass is 32.2. The van der Waals surface area contributed by atoms with Gasteiger partial charge in [0.15, 0.2) is 0 Å². The van der Waals surface area contributed by atoms with Gasteiger partial charge in [-0.25, -0.2) is 0 Å². The Hall–Kier alpha value is -0.260. The third-order valence-electron chi connectivity index (χ3n) is 3.33. The lowest BCUT2D eigenvalue weighted by atomic mass is 10.0. The van der Waals surface area contributed by atoms with E-state index in [2.05, 4.69) is 17.3 Å². The van der Waals surface area contributed by atoms with Gasteiger partial charge in [-0.3, -0.25) is 10.1 Å². The van der Waals surface area contributed by atoms with E-state index in [0.29, 0.717) is 6.61 Å². The Labute approximate surface area is 101 Å². The molecular weight excluding hydrogens is 224 g/mol. The van der Waals surface area contributed by atoms with Crippen LogP contribution in [0.4, 0.5) is 0 Å². The fraction of sp³-hybridized carbons (Fsp3) is 0.909. The highest BCUT2D eigenvalue weighted by molar-refractivity contribution is 8.01. The van der Waals surface area contributed by atoms with Crippen LogP contribution < -0.4 is 5.32 Å². The lowest BCUT2D eigenvalue weighted by molar-refractivity contribution is -0.145. The molecule has 0 bridgehead atoms. The predicted molar refractivity (Wildman–Crippen MR) is 65.5 cm³/mol. The summed E-state index contributed by atoms with van der Waals surface area (Å²) >= 11 is 1.89. The molecule has 1 N–H and O–H groups in total. The summed E-state index contributed by atoms with van der Waals surface area (Å²) in [4.78, 5) is 14.1. The van der Waals surface area contributed by atoms with E-state index in [1.54, 1.807) is 0 Å². The molecule has 1 atom stereocenters. The first kappa shape index (κ1) is 12.2. The summed E-state index contributed by atoms with van der Waals surface area (Å²) in [5.74, 6) is 0.758. The second-order valence-corrected chi connectivity index (χ2v) is 5.96. The summed E-state index contributed by atoms with van der Waals surface area (Å²) in [6.45, 7) is 4.54. The standard InChI is InChI=1S/C11H20N2O2S/c1-3-15-10(14)9-8-16-11(12-9)4-6-13(2)7-5-11/h9,12H,3-8H2,1-2H3. The van der Waals surface area contributed by atoms with Crippen molar-refractivity contribution in [1.82, 2.24) is 10.2 Å². The van der Waals surface area contributed by atoms with Gasteiger partial charge in [-0.15, -0.1) is 11.8 Å². The van der Waals surface area contributed by atoms with Crippen LogP contribution in [0.25, 0.3) is 0 Å². The van der Waals surface area contributed by atoms with Gasteiger partial charge in [-0.05, 0) is 26.8 Å². The average molecular weight is 244 g/mol. The van der Waals surface area contributed by atoms with Gasteiger partial charge < -0.3 is 9.64 Å². The van der Waals surface area contributed by atoms with Crippen LogP contribution in [0, 0.1) is 0 Å². The van der Waals surface area contributed by atoms with E-state index in [-0.39, 0.29) is 16.9 Å². The summed E-state index contributed by atoms with van der Waals surface area (Å²) < 4.78 is 5.06. The van der Waals surface area contributed by atoms with Crippen molar-refractivity contribution in [1.29, 1.82) is 0 Å². The fourth-order valence-corrected chi connectivity index (χ4v) is 3.68. The summed E-state index contributed by atoms with van der Waals surface area (Å²) in [5.41, 5.74) is 0. The third-order valence-corrected chi connectivity index (χ3v) is 4.91. The van der Waals surface area contributed by atoms with Gasteiger partial charge in [0.05, 0.1) is 11.5 Å². The zero-order chi connectivity index (χ0) is 11.6. The molecule has 4 nitrogen and oxygen atoms in total. The quantitative estimate of drug-likeness (QED) is 0.723. The Bertz CT molecular complexity index is 265. The first-order chi connectivity index (χ1) is 7.65. The Balaban J connectivity index is 1.89. The largest absolute Gasteiger partial charge is 0.465 e. The Kier molecular flexibility index (Phi) is 3.77. The lowest BCUT2D eigenvalue weighted by Gasteiger charge is -2.37. The highest BCUT2D eigenvalue weighted by Crippen LogP contribution is 2.38. The Morgan fingerprint density at radius 3 is 2.88 bits per heavy atom. The second-order valence-electron chi connectivity index (χ2n) is 4.56. The maximum absolute atomic E-state index is 11.6. The summed E-state index contributed by atoms with van der Waals surface area (Å²) in [5, 5.41) is 3.47. The lowest BCUT2D eigenvalue weighted by Crippen LogP contribution is -2.51. The van der Waals surface area contributed by atoms with Gasteiger partial charge in [-0.1, -0.05) is 0 Å². The number of hydrogen-bond acceptors (Lipinski definition) is 5. The van der Waals surface area contributed by atoms with Crippen LogP contribution in [0.5, 0.6) is 0 Å². The molecule has 5 heteroatoms. The molecule has 0 amide bonds. The van der Waals surface area contributed by atoms with Gasteiger partial charge >= 0.3 is 5.97 Å².